The fourth-order valence-electron chi connectivity index (χ4n) is 7.44. The first kappa shape index (κ1) is 28.3. The van der Waals surface area contributed by atoms with E-state index in [9.17, 15) is 0 Å². The number of rotatable bonds is 5. The molecule has 0 aliphatic rings. The van der Waals surface area contributed by atoms with Gasteiger partial charge in [-0.05, 0) is 65.7 Å². The van der Waals surface area contributed by atoms with Crippen LogP contribution in [0.4, 0.5) is 0 Å². The Kier molecular flexibility index (Phi) is 6.46. The van der Waals surface area contributed by atoms with Gasteiger partial charge in [-0.15, -0.1) is 0 Å². The standard InChI is InChI=1S/C46H30N4/c1-3-13-31(14-4-1)32-15-11-16-33(29-32)44-39-22-7-9-23-41(39)47-46(48-44)34-17-12-20-36(30-34)50-43-24-10-8-21-37(43)38-25-26-42-40(45(38)50)27-28-49(42)35-18-5-2-6-19-35/h1-30H. The van der Waals surface area contributed by atoms with Crippen LogP contribution >= 0.6 is 0 Å². The lowest BCUT2D eigenvalue weighted by Gasteiger charge is -2.13. The summed E-state index contributed by atoms with van der Waals surface area (Å²) < 4.78 is 4.67. The molecule has 3 heterocycles. The summed E-state index contributed by atoms with van der Waals surface area (Å²) in [5.74, 6) is 0.701. The molecule has 4 heteroatoms. The van der Waals surface area contributed by atoms with Crippen molar-refractivity contribution in [2.45, 2.75) is 0 Å². The number of aromatic nitrogens is 4. The molecule has 0 atom stereocenters. The van der Waals surface area contributed by atoms with Crippen molar-refractivity contribution in [3.8, 4) is 45.1 Å². The largest absolute Gasteiger partial charge is 0.316 e. The highest BCUT2D eigenvalue weighted by Crippen LogP contribution is 2.39. The first-order valence-electron chi connectivity index (χ1n) is 16.9. The number of hydrogen-bond acceptors (Lipinski definition) is 2. The molecule has 10 rings (SSSR count). The van der Waals surface area contributed by atoms with Gasteiger partial charge in [0.2, 0.25) is 0 Å². The van der Waals surface area contributed by atoms with Gasteiger partial charge in [0, 0.05) is 50.2 Å². The Morgan fingerprint density at radius 2 is 1.06 bits per heavy atom. The van der Waals surface area contributed by atoms with E-state index in [0.717, 1.165) is 50.2 Å². The lowest BCUT2D eigenvalue weighted by molar-refractivity contribution is 1.13. The minimum Gasteiger partial charge on any atom is -0.316 e. The molecule has 234 valence electrons. The van der Waals surface area contributed by atoms with E-state index in [1.54, 1.807) is 0 Å². The van der Waals surface area contributed by atoms with Crippen molar-refractivity contribution in [3.05, 3.63) is 182 Å². The summed E-state index contributed by atoms with van der Waals surface area (Å²) in [7, 11) is 0. The number of benzene rings is 7. The van der Waals surface area contributed by atoms with Crippen molar-refractivity contribution in [2.24, 2.45) is 0 Å². The van der Waals surface area contributed by atoms with Gasteiger partial charge in [-0.1, -0.05) is 121 Å². The smallest absolute Gasteiger partial charge is 0.160 e. The maximum atomic E-state index is 5.29. The van der Waals surface area contributed by atoms with E-state index in [1.807, 2.05) is 6.07 Å². The van der Waals surface area contributed by atoms with E-state index in [4.69, 9.17) is 9.97 Å². The summed E-state index contributed by atoms with van der Waals surface area (Å²) in [6.07, 6.45) is 2.18. The summed E-state index contributed by atoms with van der Waals surface area (Å²) in [5, 5.41) is 4.69. The second kappa shape index (κ2) is 11.4. The summed E-state index contributed by atoms with van der Waals surface area (Å²) >= 11 is 0. The Hall–Kier alpha value is -6.78. The molecule has 0 radical (unpaired) electrons. The van der Waals surface area contributed by atoms with Crippen LogP contribution in [0.1, 0.15) is 0 Å². The first-order chi connectivity index (χ1) is 24.8. The molecule has 7 aromatic carbocycles. The molecule has 0 fully saturated rings. The predicted molar refractivity (Wildman–Crippen MR) is 207 cm³/mol. The van der Waals surface area contributed by atoms with Crippen LogP contribution in [0.2, 0.25) is 0 Å². The zero-order chi connectivity index (χ0) is 33.0. The summed E-state index contributed by atoms with van der Waals surface area (Å²) in [4.78, 5) is 10.4. The topological polar surface area (TPSA) is 35.6 Å². The third kappa shape index (κ3) is 4.54. The lowest BCUT2D eigenvalue weighted by Crippen LogP contribution is -1.98. The van der Waals surface area contributed by atoms with Gasteiger partial charge in [0.1, 0.15) is 0 Å². The highest BCUT2D eigenvalue weighted by atomic mass is 15.0. The van der Waals surface area contributed by atoms with Gasteiger partial charge < -0.3 is 9.13 Å². The Morgan fingerprint density at radius 3 is 1.94 bits per heavy atom. The van der Waals surface area contributed by atoms with E-state index >= 15 is 0 Å². The van der Waals surface area contributed by atoms with Gasteiger partial charge in [-0.2, -0.15) is 0 Å². The highest BCUT2D eigenvalue weighted by Gasteiger charge is 2.18. The third-order valence-corrected chi connectivity index (χ3v) is 9.75. The maximum Gasteiger partial charge on any atom is 0.160 e. The van der Waals surface area contributed by atoms with Crippen molar-refractivity contribution in [3.63, 3.8) is 0 Å². The van der Waals surface area contributed by atoms with Gasteiger partial charge in [0.05, 0.1) is 27.8 Å². The van der Waals surface area contributed by atoms with E-state index < -0.39 is 0 Å². The van der Waals surface area contributed by atoms with Crippen LogP contribution in [0, 0.1) is 0 Å². The first-order valence-corrected chi connectivity index (χ1v) is 16.9. The van der Waals surface area contributed by atoms with E-state index in [2.05, 4.69) is 185 Å². The number of hydrogen-bond donors (Lipinski definition) is 0. The monoisotopic (exact) mass is 638 g/mol. The second-order valence-corrected chi connectivity index (χ2v) is 12.7. The second-order valence-electron chi connectivity index (χ2n) is 12.7. The lowest BCUT2D eigenvalue weighted by atomic mass is 9.99. The van der Waals surface area contributed by atoms with Crippen molar-refractivity contribution < 1.29 is 0 Å². The van der Waals surface area contributed by atoms with E-state index in [-0.39, 0.29) is 0 Å². The molecule has 0 spiro atoms. The van der Waals surface area contributed by atoms with Crippen LogP contribution in [-0.2, 0) is 0 Å². The van der Waals surface area contributed by atoms with Gasteiger partial charge >= 0.3 is 0 Å². The van der Waals surface area contributed by atoms with Gasteiger partial charge in [-0.25, -0.2) is 9.97 Å². The number of nitrogens with zero attached hydrogens (tertiary/aromatic N) is 4. The van der Waals surface area contributed by atoms with Gasteiger partial charge in [-0.3, -0.25) is 0 Å². The van der Waals surface area contributed by atoms with Crippen LogP contribution in [-0.4, -0.2) is 19.1 Å². The average Bonchev–Trinajstić information content (AvgIpc) is 3.78. The fraction of sp³-hybridized carbons (Fsp3) is 0. The zero-order valence-electron chi connectivity index (χ0n) is 27.1. The molecule has 50 heavy (non-hydrogen) atoms. The molecule has 3 aromatic heterocycles. The predicted octanol–water partition coefficient (Wildman–Crippen LogP) is 11.7. The minimum atomic E-state index is 0.701. The molecule has 0 N–H and O–H groups in total. The van der Waals surface area contributed by atoms with Gasteiger partial charge in [0.15, 0.2) is 5.82 Å². The van der Waals surface area contributed by atoms with Crippen LogP contribution in [0.5, 0.6) is 0 Å². The van der Waals surface area contributed by atoms with Crippen molar-refractivity contribution in [2.75, 3.05) is 0 Å². The maximum absolute atomic E-state index is 5.29. The van der Waals surface area contributed by atoms with E-state index in [1.165, 1.54) is 32.8 Å². The zero-order valence-corrected chi connectivity index (χ0v) is 27.1. The van der Waals surface area contributed by atoms with Crippen LogP contribution < -0.4 is 0 Å². The molecule has 4 nitrogen and oxygen atoms in total. The SMILES string of the molecule is c1ccc(-c2cccc(-c3nc(-c4cccc(-n5c6ccccc6c6ccc7c(ccn7-c7ccccc7)c65)c4)nc4ccccc34)c2)cc1. The third-order valence-electron chi connectivity index (χ3n) is 9.75. The average molecular weight is 639 g/mol. The van der Waals surface area contributed by atoms with Crippen molar-refractivity contribution >= 4 is 43.6 Å². The molecule has 0 saturated heterocycles. The van der Waals surface area contributed by atoms with Crippen molar-refractivity contribution in [1.29, 1.82) is 0 Å². The van der Waals surface area contributed by atoms with Gasteiger partial charge in [0.25, 0.3) is 0 Å². The van der Waals surface area contributed by atoms with Crippen LogP contribution in [0.3, 0.4) is 0 Å². The molecular weight excluding hydrogens is 609 g/mol. The fourth-order valence-corrected chi connectivity index (χ4v) is 7.44. The summed E-state index contributed by atoms with van der Waals surface area (Å²) in [6.45, 7) is 0. The van der Waals surface area contributed by atoms with Crippen LogP contribution in [0.25, 0.3) is 88.8 Å². The minimum absolute atomic E-state index is 0.701. The molecule has 0 bridgehead atoms. The summed E-state index contributed by atoms with van der Waals surface area (Å²) in [6, 6.07) is 62.1. The quantitative estimate of drug-likeness (QED) is 0.188. The molecule has 0 saturated carbocycles. The molecule has 10 aromatic rings. The normalized spacial score (nSPS) is 11.6. The number of fused-ring (bicyclic) bond motifs is 6. The van der Waals surface area contributed by atoms with Crippen molar-refractivity contribution in [1.82, 2.24) is 19.1 Å². The van der Waals surface area contributed by atoms with Crippen LogP contribution in [0.15, 0.2) is 182 Å². The summed E-state index contributed by atoms with van der Waals surface area (Å²) in [5.41, 5.74) is 12.0. The molecular formula is C46H30N4. The molecule has 0 aliphatic heterocycles. The van der Waals surface area contributed by atoms with E-state index in [0.29, 0.717) is 5.82 Å². The molecule has 0 unspecified atom stereocenters. The molecule has 0 amide bonds. The molecule has 0 aliphatic carbocycles. The number of para-hydroxylation sites is 3. The Bertz CT molecular complexity index is 2860. The highest BCUT2D eigenvalue weighted by molar-refractivity contribution is 6.18. The Labute approximate surface area is 289 Å². The Morgan fingerprint density at radius 1 is 0.380 bits per heavy atom. The Balaban J connectivity index is 1.17.